The molecule has 1 amide bonds. The van der Waals surface area contributed by atoms with Crippen LogP contribution >= 0.6 is 45.3 Å². The first-order valence-electron chi connectivity index (χ1n) is 20.1. The van der Waals surface area contributed by atoms with Crippen molar-refractivity contribution in [3.63, 3.8) is 0 Å². The quantitative estimate of drug-likeness (QED) is 0.0678. The van der Waals surface area contributed by atoms with Crippen molar-refractivity contribution in [2.45, 2.75) is 20.0 Å². The number of nitrogens with two attached hydrogens (primary N) is 1. The zero-order valence-corrected chi connectivity index (χ0v) is 39.6. The van der Waals surface area contributed by atoms with Crippen LogP contribution in [0.4, 0.5) is 28.4 Å². The van der Waals surface area contributed by atoms with Crippen LogP contribution in [0.3, 0.4) is 0 Å². The second-order valence-electron chi connectivity index (χ2n) is 14.5. The number of aromatic nitrogens is 3. The lowest BCUT2D eigenvalue weighted by molar-refractivity contribution is -0.384. The van der Waals surface area contributed by atoms with Crippen LogP contribution in [0.25, 0.3) is 32.0 Å². The van der Waals surface area contributed by atoms with Gasteiger partial charge in [-0.05, 0) is 74.5 Å². The molecule has 1 unspecified atom stereocenters. The van der Waals surface area contributed by atoms with Crippen molar-refractivity contribution in [3.8, 4) is 21.1 Å². The van der Waals surface area contributed by atoms with Gasteiger partial charge < -0.3 is 15.1 Å². The molecular formula is C47H38N8O9S4. The van der Waals surface area contributed by atoms with E-state index in [1.807, 2.05) is 73.0 Å². The number of anilines is 3. The molecule has 4 aromatic carbocycles. The van der Waals surface area contributed by atoms with E-state index in [9.17, 15) is 39.4 Å². The number of hydrogen-bond donors (Lipinski definition) is 1. The highest BCUT2D eigenvalue weighted by Crippen LogP contribution is 2.46. The largest absolute Gasteiger partial charge is 0.422 e. The highest BCUT2D eigenvalue weighted by molar-refractivity contribution is 7.17. The van der Waals surface area contributed by atoms with Crippen molar-refractivity contribution >= 4 is 96.9 Å². The number of rotatable bonds is 7. The van der Waals surface area contributed by atoms with Crippen LogP contribution < -0.4 is 26.9 Å². The number of aryl methyl sites for hydroxylation is 3. The molecule has 0 radical (unpaired) electrons. The molecule has 0 fully saturated rings. The summed E-state index contributed by atoms with van der Waals surface area (Å²) in [5.41, 5.74) is 8.78. The van der Waals surface area contributed by atoms with Gasteiger partial charge in [0.2, 0.25) is 0 Å². The molecular weight excluding hydrogens is 949 g/mol. The van der Waals surface area contributed by atoms with Gasteiger partial charge in [-0.1, -0.05) is 48.5 Å². The van der Waals surface area contributed by atoms with Crippen LogP contribution in [-0.4, -0.2) is 43.6 Å². The molecule has 68 heavy (non-hydrogen) atoms. The number of carbonyl (C=O) groups excluding carboxylic acids is 2. The van der Waals surface area contributed by atoms with Gasteiger partial charge >= 0.3 is 11.4 Å². The smallest absolute Gasteiger partial charge is 0.393 e. The Hall–Kier alpha value is -7.98. The number of thiazole rings is 2. The van der Waals surface area contributed by atoms with Crippen LogP contribution in [0.5, 0.6) is 0 Å². The van der Waals surface area contributed by atoms with E-state index in [1.54, 1.807) is 96.5 Å². The Morgan fingerprint density at radius 3 is 1.84 bits per heavy atom. The lowest BCUT2D eigenvalue weighted by Crippen LogP contribution is -2.48. The lowest BCUT2D eigenvalue weighted by Gasteiger charge is -2.43. The Bertz CT molecular complexity index is 3430. The Labute approximate surface area is 402 Å². The summed E-state index contributed by atoms with van der Waals surface area (Å²) in [6.07, 6.45) is 0.338. The number of carbonyl (C=O) groups is 2. The molecule has 0 saturated carbocycles. The van der Waals surface area contributed by atoms with E-state index in [0.29, 0.717) is 16.5 Å². The number of nitro benzene ring substituents is 2. The number of nitro groups is 2. The van der Waals surface area contributed by atoms with Gasteiger partial charge in [-0.3, -0.25) is 39.3 Å². The number of para-hydroxylation sites is 6. The maximum absolute atomic E-state index is 13.7. The third-order valence-electron chi connectivity index (χ3n) is 10.1. The summed E-state index contributed by atoms with van der Waals surface area (Å²) in [4.78, 5) is 83.5. The van der Waals surface area contributed by atoms with Crippen LogP contribution in [0.2, 0.25) is 0 Å². The standard InChI is InChI=1S/C23H18N4O3S2.C9H7NO3.C9H7NOS2.C6H6N2O2/c1-14-24-16(13-31-14)20-11-12-21(32-20)22-25(2)17-8-4-3-7-15(17)23(28)26(22)18-9-5-6-10-19(18)27(29)30;1-10-7-5-3-2-4-6(7)8(11)13-9(10)12;1-6-10-8(5-12-6)9-3-2-7(4-11)13-9;7-5-3-1-2-4-6(5)8(9)10/h3-13,22H,1-2H3;2*2-5H,1H3;1-4H,7H2. The summed E-state index contributed by atoms with van der Waals surface area (Å²) >= 11 is 6.22. The number of hydrogen-bond acceptors (Lipinski definition) is 17. The molecule has 0 spiro atoms. The van der Waals surface area contributed by atoms with E-state index >= 15 is 0 Å². The molecule has 0 saturated heterocycles. The third kappa shape index (κ3) is 10.5. The fourth-order valence-electron chi connectivity index (χ4n) is 6.92. The number of nitrogen functional groups attached to an aromatic ring is 1. The third-order valence-corrected chi connectivity index (χ3v) is 13.9. The first-order chi connectivity index (χ1) is 32.7. The SMILES string of the molecule is Cc1nc(-c2ccc(C3N(C)c4ccccc4C(=O)N3c3ccccc3[N+](=O)[O-])s2)cs1.Cc1nc(-c2ccc(C=O)s2)cs1.Cn1c(=O)oc(=O)c2ccccc21.Nc1ccccc1[N+](=O)[O-]. The molecule has 17 nitrogen and oxygen atoms in total. The zero-order valence-electron chi connectivity index (χ0n) is 36.4. The van der Waals surface area contributed by atoms with Crippen LogP contribution in [0.15, 0.2) is 146 Å². The Balaban J connectivity index is 0.000000156. The second kappa shape index (κ2) is 21.1. The van der Waals surface area contributed by atoms with Gasteiger partial charge in [-0.15, -0.1) is 45.3 Å². The topological polar surface area (TPSA) is 231 Å². The zero-order chi connectivity index (χ0) is 48.6. The van der Waals surface area contributed by atoms with Crippen LogP contribution in [0, 0.1) is 34.1 Å². The van der Waals surface area contributed by atoms with Gasteiger partial charge in [0, 0.05) is 41.9 Å². The molecule has 2 N–H and O–H groups in total. The first-order valence-corrected chi connectivity index (χ1v) is 23.5. The Kier molecular flexibility index (Phi) is 14.9. The van der Waals surface area contributed by atoms with Gasteiger partial charge in [0.25, 0.3) is 17.3 Å². The van der Waals surface area contributed by atoms with Gasteiger partial charge in [0.1, 0.15) is 17.5 Å². The van der Waals surface area contributed by atoms with E-state index in [4.69, 9.17) is 5.73 Å². The van der Waals surface area contributed by atoms with E-state index in [2.05, 4.69) is 14.4 Å². The number of benzene rings is 4. The highest BCUT2D eigenvalue weighted by Gasteiger charge is 2.41. The lowest BCUT2D eigenvalue weighted by atomic mass is 10.0. The summed E-state index contributed by atoms with van der Waals surface area (Å²) in [5.74, 6) is -0.902. The van der Waals surface area contributed by atoms with E-state index in [-0.39, 0.29) is 28.7 Å². The van der Waals surface area contributed by atoms with Gasteiger partial charge in [-0.25, -0.2) is 19.6 Å². The monoisotopic (exact) mass is 986 g/mol. The maximum Gasteiger partial charge on any atom is 0.422 e. The summed E-state index contributed by atoms with van der Waals surface area (Å²) in [6, 6.07) is 34.4. The Morgan fingerprint density at radius 1 is 0.691 bits per heavy atom. The van der Waals surface area contributed by atoms with Crippen molar-refractivity contribution in [2.75, 3.05) is 22.6 Å². The van der Waals surface area contributed by atoms with Crippen molar-refractivity contribution in [3.05, 3.63) is 199 Å². The normalized spacial score (nSPS) is 12.7. The van der Waals surface area contributed by atoms with Crippen LogP contribution in [0.1, 0.15) is 41.1 Å². The predicted octanol–water partition coefficient (Wildman–Crippen LogP) is 10.5. The molecule has 1 aliphatic rings. The first kappa shape index (κ1) is 48.0. The number of thiophene rings is 2. The highest BCUT2D eigenvalue weighted by atomic mass is 32.1. The molecule has 0 aliphatic carbocycles. The molecule has 344 valence electrons. The maximum atomic E-state index is 13.7. The van der Waals surface area contributed by atoms with Crippen molar-refractivity contribution in [2.24, 2.45) is 7.05 Å². The van der Waals surface area contributed by atoms with Gasteiger partial charge in [0.15, 0.2) is 6.29 Å². The molecule has 9 aromatic rings. The summed E-state index contributed by atoms with van der Waals surface area (Å²) in [7, 11) is 3.47. The molecule has 0 bridgehead atoms. The minimum atomic E-state index is -0.635. The van der Waals surface area contributed by atoms with Crippen molar-refractivity contribution in [1.82, 2.24) is 14.5 Å². The fourth-order valence-corrected chi connectivity index (χ4v) is 10.2. The molecule has 1 atom stereocenters. The minimum absolute atomic E-state index is 0.0394. The molecule has 10 rings (SSSR count). The number of nitrogens with zero attached hydrogens (tertiary/aromatic N) is 7. The number of aldehydes is 1. The van der Waals surface area contributed by atoms with Crippen molar-refractivity contribution < 1.29 is 23.9 Å². The van der Waals surface area contributed by atoms with Gasteiger partial charge in [-0.2, -0.15) is 0 Å². The molecule has 5 aromatic heterocycles. The molecule has 1 aliphatic heterocycles. The number of fused-ring (bicyclic) bond motifs is 2. The minimum Gasteiger partial charge on any atom is -0.393 e. The molecule has 6 heterocycles. The van der Waals surface area contributed by atoms with Crippen molar-refractivity contribution in [1.29, 1.82) is 0 Å². The average Bonchev–Trinajstić information content (AvgIpc) is 4.19. The second-order valence-corrected chi connectivity index (χ2v) is 18.9. The predicted molar refractivity (Wildman–Crippen MR) is 268 cm³/mol. The molecule has 21 heteroatoms. The van der Waals surface area contributed by atoms with E-state index in [0.717, 1.165) is 52.9 Å². The summed E-state index contributed by atoms with van der Waals surface area (Å²) in [6.45, 7) is 3.94. The number of amides is 1. The van der Waals surface area contributed by atoms with E-state index < -0.39 is 27.4 Å². The van der Waals surface area contributed by atoms with Gasteiger partial charge in [0.05, 0.1) is 68.0 Å². The summed E-state index contributed by atoms with van der Waals surface area (Å²) in [5, 5.41) is 28.4. The Morgan fingerprint density at radius 2 is 1.25 bits per heavy atom. The fraction of sp³-hybridized carbons (Fsp3) is 0.106. The van der Waals surface area contributed by atoms with Crippen LogP contribution in [-0.2, 0) is 7.05 Å². The summed E-state index contributed by atoms with van der Waals surface area (Å²) < 4.78 is 5.78. The van der Waals surface area contributed by atoms with E-state index in [1.165, 1.54) is 50.3 Å². The average molecular weight is 987 g/mol.